The standard InChI is InChI=1S/C20H20F3N5O2S2/c1-12-24-14(10-31-12)9-18-26-27-19(30-18)32-11-17(29)25-15-8-13(20(21,22)23)4-5-16(15)28-6-2-3-7-28/h4-5,8,10H,2-3,6-7,9,11H2,1H3,(H,25,29). The maximum absolute atomic E-state index is 13.2. The fourth-order valence-electron chi connectivity index (χ4n) is 3.37. The summed E-state index contributed by atoms with van der Waals surface area (Å²) in [5.41, 5.74) is 0.761. The summed E-state index contributed by atoms with van der Waals surface area (Å²) in [6, 6.07) is 3.44. The maximum Gasteiger partial charge on any atom is 0.416 e. The van der Waals surface area contributed by atoms with Gasteiger partial charge in [0, 0.05) is 18.5 Å². The fraction of sp³-hybridized carbons (Fsp3) is 0.400. The van der Waals surface area contributed by atoms with Crippen LogP contribution < -0.4 is 10.2 Å². The molecule has 0 saturated carbocycles. The maximum atomic E-state index is 13.2. The Kier molecular flexibility index (Phi) is 6.70. The predicted molar refractivity (Wildman–Crippen MR) is 116 cm³/mol. The zero-order chi connectivity index (χ0) is 22.7. The van der Waals surface area contributed by atoms with Crippen LogP contribution in [0.1, 0.15) is 35.0 Å². The Bertz CT molecular complexity index is 1090. The minimum absolute atomic E-state index is 0.0763. The molecule has 1 aliphatic heterocycles. The van der Waals surface area contributed by atoms with Gasteiger partial charge in [0.05, 0.1) is 39.8 Å². The smallest absolute Gasteiger partial charge is 0.416 e. The topological polar surface area (TPSA) is 84.1 Å². The quantitative estimate of drug-likeness (QED) is 0.485. The molecule has 0 unspecified atom stereocenters. The second-order valence-electron chi connectivity index (χ2n) is 7.26. The van der Waals surface area contributed by atoms with Crippen molar-refractivity contribution in [1.29, 1.82) is 0 Å². The largest absolute Gasteiger partial charge is 0.416 e. The third-order valence-electron chi connectivity index (χ3n) is 4.82. The van der Waals surface area contributed by atoms with Gasteiger partial charge < -0.3 is 14.6 Å². The van der Waals surface area contributed by atoms with E-state index in [-0.39, 0.29) is 16.7 Å². The lowest BCUT2D eigenvalue weighted by Crippen LogP contribution is -2.22. The summed E-state index contributed by atoms with van der Waals surface area (Å²) < 4.78 is 45.1. The first-order valence-electron chi connectivity index (χ1n) is 9.90. The molecular formula is C20H20F3N5O2S2. The highest BCUT2D eigenvalue weighted by atomic mass is 32.2. The van der Waals surface area contributed by atoms with Crippen LogP contribution in [0.15, 0.2) is 33.2 Å². The molecule has 1 aliphatic rings. The van der Waals surface area contributed by atoms with Crippen molar-refractivity contribution >= 4 is 40.4 Å². The van der Waals surface area contributed by atoms with Gasteiger partial charge in [-0.3, -0.25) is 4.79 Å². The molecule has 32 heavy (non-hydrogen) atoms. The van der Waals surface area contributed by atoms with Crippen molar-refractivity contribution in [3.63, 3.8) is 0 Å². The molecule has 7 nitrogen and oxygen atoms in total. The number of benzene rings is 1. The van der Waals surface area contributed by atoms with Crippen LogP contribution in [0.3, 0.4) is 0 Å². The zero-order valence-corrected chi connectivity index (χ0v) is 18.7. The molecule has 1 fully saturated rings. The molecule has 12 heteroatoms. The van der Waals surface area contributed by atoms with Gasteiger partial charge in [0.2, 0.25) is 11.8 Å². The number of nitrogens with one attached hydrogen (secondary N) is 1. The van der Waals surface area contributed by atoms with Gasteiger partial charge in [-0.2, -0.15) is 13.2 Å². The van der Waals surface area contributed by atoms with Gasteiger partial charge in [0.25, 0.3) is 5.22 Å². The van der Waals surface area contributed by atoms with E-state index in [0.29, 0.717) is 18.0 Å². The molecule has 0 bridgehead atoms. The Labute approximate surface area is 190 Å². The van der Waals surface area contributed by atoms with Crippen LogP contribution in [0.2, 0.25) is 0 Å². The number of amides is 1. The molecule has 3 heterocycles. The minimum atomic E-state index is -4.49. The van der Waals surface area contributed by atoms with E-state index in [9.17, 15) is 18.0 Å². The summed E-state index contributed by atoms with van der Waals surface area (Å²) in [5, 5.41) is 13.5. The highest BCUT2D eigenvalue weighted by molar-refractivity contribution is 7.99. The molecule has 1 aromatic carbocycles. The van der Waals surface area contributed by atoms with Crippen molar-refractivity contribution in [2.75, 3.05) is 29.1 Å². The number of carbonyl (C=O) groups is 1. The fourth-order valence-corrected chi connectivity index (χ4v) is 4.57. The van der Waals surface area contributed by atoms with E-state index in [2.05, 4.69) is 20.5 Å². The van der Waals surface area contributed by atoms with Gasteiger partial charge in [0.1, 0.15) is 0 Å². The summed E-state index contributed by atoms with van der Waals surface area (Å²) in [6.07, 6.45) is -2.17. The van der Waals surface area contributed by atoms with Crippen molar-refractivity contribution in [3.05, 3.63) is 45.7 Å². The lowest BCUT2D eigenvalue weighted by molar-refractivity contribution is -0.137. The third kappa shape index (κ3) is 5.60. The molecule has 0 aliphatic carbocycles. The van der Waals surface area contributed by atoms with Gasteiger partial charge in [-0.15, -0.1) is 21.5 Å². The average Bonchev–Trinajstić information content (AvgIpc) is 3.49. The van der Waals surface area contributed by atoms with Crippen molar-refractivity contribution in [1.82, 2.24) is 15.2 Å². The first-order valence-corrected chi connectivity index (χ1v) is 11.8. The second-order valence-corrected chi connectivity index (χ2v) is 9.25. The molecule has 2 aromatic heterocycles. The van der Waals surface area contributed by atoms with Crippen molar-refractivity contribution in [3.8, 4) is 0 Å². The summed E-state index contributed by atoms with van der Waals surface area (Å²) in [6.45, 7) is 3.39. The van der Waals surface area contributed by atoms with E-state index in [0.717, 1.165) is 60.5 Å². The summed E-state index contributed by atoms with van der Waals surface area (Å²) >= 11 is 2.55. The van der Waals surface area contributed by atoms with E-state index in [1.54, 1.807) is 0 Å². The number of thiazole rings is 1. The predicted octanol–water partition coefficient (Wildman–Crippen LogP) is 4.78. The highest BCUT2D eigenvalue weighted by Gasteiger charge is 2.32. The Morgan fingerprint density at radius 3 is 2.75 bits per heavy atom. The van der Waals surface area contributed by atoms with Crippen LogP contribution in [-0.2, 0) is 17.4 Å². The van der Waals surface area contributed by atoms with Gasteiger partial charge in [0.15, 0.2) is 0 Å². The van der Waals surface area contributed by atoms with Gasteiger partial charge in [-0.05, 0) is 38.0 Å². The molecule has 1 saturated heterocycles. The van der Waals surface area contributed by atoms with E-state index < -0.39 is 17.6 Å². The number of aromatic nitrogens is 3. The Balaban J connectivity index is 1.40. The molecule has 0 radical (unpaired) electrons. The van der Waals surface area contributed by atoms with Crippen LogP contribution in [0, 0.1) is 6.92 Å². The summed E-state index contributed by atoms with van der Waals surface area (Å²) in [4.78, 5) is 18.8. The number of nitrogens with zero attached hydrogens (tertiary/aromatic N) is 4. The molecule has 4 rings (SSSR count). The first kappa shape index (κ1) is 22.6. The number of alkyl halides is 3. The summed E-state index contributed by atoms with van der Waals surface area (Å²) in [5.74, 6) is -0.148. The van der Waals surface area contributed by atoms with Crippen molar-refractivity contribution < 1.29 is 22.4 Å². The zero-order valence-electron chi connectivity index (χ0n) is 17.1. The lowest BCUT2D eigenvalue weighted by Gasteiger charge is -2.22. The van der Waals surface area contributed by atoms with Crippen LogP contribution in [0.4, 0.5) is 24.5 Å². The average molecular weight is 484 g/mol. The van der Waals surface area contributed by atoms with E-state index in [1.165, 1.54) is 17.4 Å². The van der Waals surface area contributed by atoms with Crippen molar-refractivity contribution in [2.24, 2.45) is 0 Å². The third-order valence-corrected chi connectivity index (χ3v) is 6.46. The van der Waals surface area contributed by atoms with Gasteiger partial charge in [-0.1, -0.05) is 11.8 Å². The number of hydrogen-bond donors (Lipinski definition) is 1. The Hall–Kier alpha value is -2.60. The monoisotopic (exact) mass is 483 g/mol. The number of halogens is 3. The molecule has 0 atom stereocenters. The summed E-state index contributed by atoms with van der Waals surface area (Å²) in [7, 11) is 0. The Morgan fingerprint density at radius 2 is 2.06 bits per heavy atom. The van der Waals surface area contributed by atoms with E-state index in [1.807, 2.05) is 17.2 Å². The molecule has 170 valence electrons. The van der Waals surface area contributed by atoms with Crippen LogP contribution >= 0.6 is 23.1 Å². The van der Waals surface area contributed by atoms with Gasteiger partial charge >= 0.3 is 6.18 Å². The second kappa shape index (κ2) is 9.49. The number of rotatable bonds is 7. The van der Waals surface area contributed by atoms with Crippen molar-refractivity contribution in [2.45, 2.75) is 37.6 Å². The number of anilines is 2. The first-order chi connectivity index (χ1) is 15.3. The lowest BCUT2D eigenvalue weighted by atomic mass is 10.1. The van der Waals surface area contributed by atoms with Crippen LogP contribution in [-0.4, -0.2) is 39.9 Å². The highest BCUT2D eigenvalue weighted by Crippen LogP contribution is 2.36. The number of thioether (sulfide) groups is 1. The molecule has 1 amide bonds. The van der Waals surface area contributed by atoms with E-state index >= 15 is 0 Å². The van der Waals surface area contributed by atoms with Gasteiger partial charge in [-0.25, -0.2) is 4.98 Å². The number of aryl methyl sites for hydroxylation is 1. The van der Waals surface area contributed by atoms with Crippen LogP contribution in [0.25, 0.3) is 0 Å². The Morgan fingerprint density at radius 1 is 1.28 bits per heavy atom. The number of carbonyl (C=O) groups excluding carboxylic acids is 1. The molecular weight excluding hydrogens is 463 g/mol. The SMILES string of the molecule is Cc1nc(Cc2nnc(SCC(=O)Nc3cc(C(F)(F)F)ccc3N3CCCC3)o2)cs1. The molecule has 1 N–H and O–H groups in total. The number of hydrogen-bond acceptors (Lipinski definition) is 8. The molecule has 0 spiro atoms. The van der Waals surface area contributed by atoms with E-state index in [4.69, 9.17) is 4.42 Å². The minimum Gasteiger partial charge on any atom is -0.416 e. The van der Waals surface area contributed by atoms with Crippen LogP contribution in [0.5, 0.6) is 0 Å². The molecule has 3 aromatic rings. The normalized spacial score (nSPS) is 14.2.